The maximum atomic E-state index is 5.67. The lowest BCUT2D eigenvalue weighted by molar-refractivity contribution is 0.122. The van der Waals surface area contributed by atoms with Crippen LogP contribution < -0.4 is 0 Å². The molecule has 0 unspecified atom stereocenters. The number of rotatable bonds is 6. The number of benzene rings is 1. The van der Waals surface area contributed by atoms with E-state index in [1.165, 1.54) is 32.1 Å². The Labute approximate surface area is 138 Å². The van der Waals surface area contributed by atoms with Crippen LogP contribution in [0.3, 0.4) is 0 Å². The van der Waals surface area contributed by atoms with Gasteiger partial charge in [0.2, 0.25) is 0 Å². The zero-order valence-electron chi connectivity index (χ0n) is 13.5. The molecule has 0 radical (unpaired) electrons. The predicted octanol–water partition coefficient (Wildman–Crippen LogP) is 4.82. The molecule has 0 amide bonds. The Hall–Kier alpha value is -2.16. The average Bonchev–Trinajstić information content (AvgIpc) is 2.64. The molecule has 0 aliphatic heterocycles. The van der Waals surface area contributed by atoms with Crippen LogP contribution in [-0.2, 0) is 4.84 Å². The van der Waals surface area contributed by atoms with Crippen molar-refractivity contribution in [1.82, 2.24) is 4.98 Å². The van der Waals surface area contributed by atoms with E-state index in [1.54, 1.807) is 6.20 Å². The van der Waals surface area contributed by atoms with Gasteiger partial charge in [-0.25, -0.2) is 0 Å². The van der Waals surface area contributed by atoms with E-state index in [0.717, 1.165) is 29.2 Å². The summed E-state index contributed by atoms with van der Waals surface area (Å²) in [6.45, 7) is 0.696. The molecule has 3 nitrogen and oxygen atoms in total. The number of pyridine rings is 1. The van der Waals surface area contributed by atoms with E-state index in [-0.39, 0.29) is 0 Å². The second-order valence-electron chi connectivity index (χ2n) is 6.17. The van der Waals surface area contributed by atoms with Crippen LogP contribution in [-0.4, -0.2) is 17.3 Å². The van der Waals surface area contributed by atoms with Crippen LogP contribution in [0.15, 0.2) is 60.0 Å². The molecule has 23 heavy (non-hydrogen) atoms. The Morgan fingerprint density at radius 2 is 1.78 bits per heavy atom. The largest absolute Gasteiger partial charge is 0.395 e. The van der Waals surface area contributed by atoms with Gasteiger partial charge in [-0.3, -0.25) is 4.98 Å². The van der Waals surface area contributed by atoms with Crippen LogP contribution in [0.2, 0.25) is 0 Å². The van der Waals surface area contributed by atoms with Crippen molar-refractivity contribution in [1.29, 1.82) is 0 Å². The summed E-state index contributed by atoms with van der Waals surface area (Å²) in [6, 6.07) is 14.1. The SMILES string of the molecule is c1ccc(C(=NOCCC2CCCCC2)c2cccnc2)cc1. The minimum Gasteiger partial charge on any atom is -0.395 e. The Bertz CT molecular complexity index is 563. The first-order valence-electron chi connectivity index (χ1n) is 8.59. The normalized spacial score (nSPS) is 16.3. The van der Waals surface area contributed by atoms with E-state index < -0.39 is 0 Å². The molecule has 0 saturated heterocycles. The van der Waals surface area contributed by atoms with Gasteiger partial charge in [-0.15, -0.1) is 0 Å². The van der Waals surface area contributed by atoms with Gasteiger partial charge in [-0.1, -0.05) is 67.6 Å². The number of hydrogen-bond donors (Lipinski definition) is 0. The quantitative estimate of drug-likeness (QED) is 0.435. The summed E-state index contributed by atoms with van der Waals surface area (Å²) >= 11 is 0. The predicted molar refractivity (Wildman–Crippen MR) is 93.5 cm³/mol. The lowest BCUT2D eigenvalue weighted by Gasteiger charge is -2.20. The molecule has 1 aromatic carbocycles. The summed E-state index contributed by atoms with van der Waals surface area (Å²) in [5.41, 5.74) is 2.89. The topological polar surface area (TPSA) is 34.5 Å². The standard InChI is InChI=1S/C20H24N2O/c1-3-8-17(9-4-1)13-15-23-22-20(18-10-5-2-6-11-18)19-12-7-14-21-16-19/h2,5-7,10-12,14,16-17H,1,3-4,8-9,13,15H2. The maximum absolute atomic E-state index is 5.67. The van der Waals surface area contributed by atoms with Gasteiger partial charge in [-0.05, 0) is 24.5 Å². The lowest BCUT2D eigenvalue weighted by atomic mass is 9.87. The highest BCUT2D eigenvalue weighted by Crippen LogP contribution is 2.26. The summed E-state index contributed by atoms with van der Waals surface area (Å²) in [7, 11) is 0. The Morgan fingerprint density at radius 3 is 2.52 bits per heavy atom. The Kier molecular flexibility index (Phi) is 5.79. The zero-order valence-corrected chi connectivity index (χ0v) is 13.5. The molecule has 3 rings (SSSR count). The summed E-state index contributed by atoms with van der Waals surface area (Å²) < 4.78 is 0. The third kappa shape index (κ3) is 4.65. The van der Waals surface area contributed by atoms with Gasteiger partial charge in [-0.2, -0.15) is 0 Å². The third-order valence-electron chi connectivity index (χ3n) is 4.48. The van der Waals surface area contributed by atoms with Crippen LogP contribution in [0.25, 0.3) is 0 Å². The monoisotopic (exact) mass is 308 g/mol. The van der Waals surface area contributed by atoms with Crippen molar-refractivity contribution in [2.45, 2.75) is 38.5 Å². The molecule has 1 saturated carbocycles. The summed E-state index contributed by atoms with van der Waals surface area (Å²) in [6.07, 6.45) is 11.6. The highest BCUT2D eigenvalue weighted by atomic mass is 16.6. The molecule has 0 atom stereocenters. The first kappa shape index (κ1) is 15.7. The molecule has 0 N–H and O–H groups in total. The molecule has 1 aliphatic rings. The van der Waals surface area contributed by atoms with E-state index in [1.807, 2.05) is 36.5 Å². The van der Waals surface area contributed by atoms with E-state index in [9.17, 15) is 0 Å². The summed E-state index contributed by atoms with van der Waals surface area (Å²) in [5, 5.41) is 4.43. The van der Waals surface area contributed by atoms with Crippen LogP contribution in [0.1, 0.15) is 49.7 Å². The number of nitrogens with zero attached hydrogens (tertiary/aromatic N) is 2. The molecular weight excluding hydrogens is 284 g/mol. The highest BCUT2D eigenvalue weighted by molar-refractivity contribution is 6.12. The fourth-order valence-electron chi connectivity index (χ4n) is 3.18. The number of aromatic nitrogens is 1. The molecule has 0 bridgehead atoms. The fourth-order valence-corrected chi connectivity index (χ4v) is 3.18. The first-order valence-corrected chi connectivity index (χ1v) is 8.59. The maximum Gasteiger partial charge on any atom is 0.118 e. The fraction of sp³-hybridized carbons (Fsp3) is 0.400. The Morgan fingerprint density at radius 1 is 1.00 bits per heavy atom. The average molecular weight is 308 g/mol. The van der Waals surface area contributed by atoms with Gasteiger partial charge in [0.15, 0.2) is 0 Å². The Balaban J connectivity index is 1.66. The van der Waals surface area contributed by atoms with E-state index in [2.05, 4.69) is 22.3 Å². The molecule has 0 spiro atoms. The summed E-state index contributed by atoms with van der Waals surface area (Å²) in [5.74, 6) is 0.817. The van der Waals surface area contributed by atoms with E-state index in [0.29, 0.717) is 6.61 Å². The highest BCUT2D eigenvalue weighted by Gasteiger charge is 2.13. The van der Waals surface area contributed by atoms with Crippen LogP contribution >= 0.6 is 0 Å². The third-order valence-corrected chi connectivity index (χ3v) is 4.48. The van der Waals surface area contributed by atoms with E-state index in [4.69, 9.17) is 4.84 Å². The molecule has 120 valence electrons. The van der Waals surface area contributed by atoms with Gasteiger partial charge in [0.05, 0.1) is 0 Å². The first-order chi connectivity index (χ1) is 11.4. The minimum atomic E-state index is 0.696. The lowest BCUT2D eigenvalue weighted by Crippen LogP contribution is -2.10. The summed E-state index contributed by atoms with van der Waals surface area (Å²) in [4.78, 5) is 9.86. The molecule has 1 aromatic heterocycles. The zero-order chi connectivity index (χ0) is 15.7. The van der Waals surface area contributed by atoms with Crippen molar-refractivity contribution in [2.75, 3.05) is 6.61 Å². The van der Waals surface area contributed by atoms with Crippen LogP contribution in [0, 0.1) is 5.92 Å². The second-order valence-corrected chi connectivity index (χ2v) is 6.17. The van der Waals surface area contributed by atoms with Gasteiger partial charge in [0.1, 0.15) is 12.3 Å². The molecular formula is C20H24N2O. The van der Waals surface area contributed by atoms with Gasteiger partial charge in [0.25, 0.3) is 0 Å². The van der Waals surface area contributed by atoms with Gasteiger partial charge < -0.3 is 4.84 Å². The van der Waals surface area contributed by atoms with Crippen LogP contribution in [0.5, 0.6) is 0 Å². The van der Waals surface area contributed by atoms with Crippen molar-refractivity contribution in [3.05, 3.63) is 66.0 Å². The van der Waals surface area contributed by atoms with Crippen molar-refractivity contribution in [3.63, 3.8) is 0 Å². The minimum absolute atomic E-state index is 0.696. The van der Waals surface area contributed by atoms with Crippen molar-refractivity contribution in [3.8, 4) is 0 Å². The van der Waals surface area contributed by atoms with Crippen molar-refractivity contribution in [2.24, 2.45) is 11.1 Å². The van der Waals surface area contributed by atoms with Gasteiger partial charge >= 0.3 is 0 Å². The molecule has 2 aromatic rings. The smallest absolute Gasteiger partial charge is 0.118 e. The molecule has 3 heteroatoms. The van der Waals surface area contributed by atoms with Crippen molar-refractivity contribution >= 4 is 5.71 Å². The molecule has 1 aliphatic carbocycles. The van der Waals surface area contributed by atoms with E-state index >= 15 is 0 Å². The molecule has 1 heterocycles. The van der Waals surface area contributed by atoms with Crippen molar-refractivity contribution < 1.29 is 4.84 Å². The van der Waals surface area contributed by atoms with Gasteiger partial charge in [0, 0.05) is 23.5 Å². The van der Waals surface area contributed by atoms with Crippen LogP contribution in [0.4, 0.5) is 0 Å². The number of oxime groups is 1. The second kappa shape index (κ2) is 8.47. The number of hydrogen-bond acceptors (Lipinski definition) is 3. The molecule has 1 fully saturated rings.